The maximum atomic E-state index is 9.81. The van der Waals surface area contributed by atoms with Gasteiger partial charge in [0.15, 0.2) is 0 Å². The van der Waals surface area contributed by atoms with Crippen molar-refractivity contribution >= 4 is 81.1 Å². The summed E-state index contributed by atoms with van der Waals surface area (Å²) in [4.78, 5) is 0. The van der Waals surface area contributed by atoms with Crippen molar-refractivity contribution in [1.29, 1.82) is 0 Å². The van der Waals surface area contributed by atoms with Crippen LogP contribution >= 0.6 is 54.5 Å². The maximum Gasteiger partial charge on any atom is 0.494 e. The van der Waals surface area contributed by atoms with Crippen molar-refractivity contribution in [3.05, 3.63) is 106 Å². The molecule has 5 heterocycles. The molecule has 0 atom stereocenters. The summed E-state index contributed by atoms with van der Waals surface area (Å²) in [6.07, 6.45) is 6.29. The number of hydrogen-bond donors (Lipinski definition) is 4. The third kappa shape index (κ3) is 10.9. The van der Waals surface area contributed by atoms with Gasteiger partial charge < -0.3 is 57.8 Å². The smallest absolute Gasteiger partial charge is 0.405 e. The van der Waals surface area contributed by atoms with E-state index >= 15 is 0 Å². The van der Waals surface area contributed by atoms with Crippen LogP contribution in [0, 0.1) is 3.57 Å². The highest BCUT2D eigenvalue weighted by molar-refractivity contribution is 14.1. The Morgan fingerprint density at radius 1 is 0.410 bits per heavy atom. The molecule has 0 unspecified atom stereocenters. The standard InChI is InChI=1S/C27H34BBrO5.C21H22BrIO3.C12H24B2O4/c1-25(2)26(3,4)34-28(33-25)19-11-17-15-32-16-18-12-20(29)14-22-24(18)23(17)21(13-19)27(22,7-5-9-30)8-6-10-31;22-15-7-13-11-26-12-14-8-16(23)10-18-20(14)19(13)17(9-15)21(18,3-1-5-24)4-2-6-25;1-9(2)10(3,4)16-13(15-9)14-17-11(5,6)12(7,8)18-14/h11-14,30-31H,5-10,15-16H2,1-4H3;7-10,24-25H,1-6,11-12H2;1-8H3. The van der Waals surface area contributed by atoms with Crippen molar-refractivity contribution in [1.82, 2.24) is 0 Å². The summed E-state index contributed by atoms with van der Waals surface area (Å²) in [5.74, 6) is 0. The molecule has 0 spiro atoms. The molecule has 78 heavy (non-hydrogen) atoms. The summed E-state index contributed by atoms with van der Waals surface area (Å²) >= 11 is 9.82. The van der Waals surface area contributed by atoms with E-state index in [2.05, 4.69) is 131 Å². The number of ether oxygens (including phenoxy) is 2. The molecular weight excluding hydrogens is 1230 g/mol. The van der Waals surface area contributed by atoms with Crippen molar-refractivity contribution in [3.63, 3.8) is 0 Å². The minimum absolute atomic E-state index is 0.138. The lowest BCUT2D eigenvalue weighted by atomic mass is 9.49. The van der Waals surface area contributed by atoms with Crippen LogP contribution in [0.1, 0.15) is 179 Å². The van der Waals surface area contributed by atoms with Crippen molar-refractivity contribution in [2.45, 2.75) is 205 Å². The lowest BCUT2D eigenvalue weighted by molar-refractivity contribution is 0.00578. The molecule has 4 aromatic rings. The molecule has 4 N–H and O–H groups in total. The normalized spacial score (nSPS) is 22.0. The van der Waals surface area contributed by atoms with Crippen LogP contribution in [0.4, 0.5) is 0 Å². The van der Waals surface area contributed by atoms with Crippen LogP contribution in [-0.4, -0.2) is 102 Å². The monoisotopic (exact) mass is 1310 g/mol. The van der Waals surface area contributed by atoms with Crippen LogP contribution in [0.15, 0.2) is 57.5 Å². The molecule has 0 saturated carbocycles. The van der Waals surface area contributed by atoms with E-state index in [0.29, 0.717) is 39.3 Å². The molecule has 11 rings (SSSR count). The molecule has 0 radical (unpaired) electrons. The van der Waals surface area contributed by atoms with E-state index in [1.807, 2.05) is 55.4 Å². The number of aliphatic hydroxyl groups excluding tert-OH is 4. The van der Waals surface area contributed by atoms with E-state index in [-0.39, 0.29) is 59.7 Å². The van der Waals surface area contributed by atoms with Gasteiger partial charge in [0, 0.05) is 49.8 Å². The first kappa shape index (κ1) is 60.9. The predicted molar refractivity (Wildman–Crippen MR) is 324 cm³/mol. The van der Waals surface area contributed by atoms with Gasteiger partial charge in [-0.15, -0.1) is 0 Å². The molecule has 2 aliphatic carbocycles. The first-order chi connectivity index (χ1) is 36.6. The largest absolute Gasteiger partial charge is 0.494 e. The fourth-order valence-corrected chi connectivity index (χ4v) is 14.4. The Morgan fingerprint density at radius 3 is 1.05 bits per heavy atom. The van der Waals surface area contributed by atoms with Gasteiger partial charge in [-0.1, -0.05) is 44.0 Å². The lowest BCUT2D eigenvalue weighted by Gasteiger charge is -2.33. The molecule has 5 aliphatic heterocycles. The van der Waals surface area contributed by atoms with Crippen molar-refractivity contribution in [3.8, 4) is 22.3 Å². The van der Waals surface area contributed by atoms with Gasteiger partial charge in [-0.05, 0) is 266 Å². The van der Waals surface area contributed by atoms with Crippen molar-refractivity contribution < 1.29 is 57.8 Å². The molecule has 3 fully saturated rings. The van der Waals surface area contributed by atoms with Gasteiger partial charge in [0.25, 0.3) is 0 Å². The van der Waals surface area contributed by atoms with Gasteiger partial charge in [0.05, 0.1) is 60.0 Å². The maximum absolute atomic E-state index is 9.81. The molecule has 4 aromatic carbocycles. The van der Waals surface area contributed by atoms with Gasteiger partial charge in [-0.25, -0.2) is 0 Å². The van der Waals surface area contributed by atoms with Crippen molar-refractivity contribution in [2.24, 2.45) is 0 Å². The number of hydrogen-bond acceptors (Lipinski definition) is 12. The Hall–Kier alpha value is -1.72. The van der Waals surface area contributed by atoms with Crippen LogP contribution < -0.4 is 5.46 Å². The minimum Gasteiger partial charge on any atom is -0.405 e. The van der Waals surface area contributed by atoms with Crippen molar-refractivity contribution in [2.75, 3.05) is 26.4 Å². The average Bonchev–Trinajstić information content (AvgIpc) is 3.78. The second-order valence-electron chi connectivity index (χ2n) is 25.4. The molecule has 0 amide bonds. The van der Waals surface area contributed by atoms with Gasteiger partial charge in [-0.2, -0.15) is 0 Å². The average molecular weight is 1310 g/mol. The Kier molecular flexibility index (Phi) is 17.7. The van der Waals surface area contributed by atoms with Gasteiger partial charge >= 0.3 is 21.1 Å². The zero-order valence-corrected chi connectivity index (χ0v) is 53.2. The summed E-state index contributed by atoms with van der Waals surface area (Å²) < 4.78 is 52.1. The molecular formula is C60H80B3Br2IO12. The van der Waals surface area contributed by atoms with Gasteiger partial charge in [-0.3, -0.25) is 0 Å². The Morgan fingerprint density at radius 2 is 0.705 bits per heavy atom. The number of aliphatic hydroxyl groups is 4. The highest BCUT2D eigenvalue weighted by Gasteiger charge is 2.64. The first-order valence-corrected chi connectivity index (χ1v) is 30.6. The topological polar surface area (TPSA) is 155 Å². The van der Waals surface area contributed by atoms with E-state index in [9.17, 15) is 20.4 Å². The summed E-state index contributed by atoms with van der Waals surface area (Å²) in [7, 11) is -1.41. The zero-order chi connectivity index (χ0) is 56.6. The lowest BCUT2D eigenvalue weighted by Crippen LogP contribution is -2.41. The number of benzene rings is 4. The third-order valence-corrected chi connectivity index (χ3v) is 20.3. The quantitative estimate of drug-likeness (QED) is 0.0702. The molecule has 422 valence electrons. The molecule has 18 heteroatoms. The molecule has 0 bridgehead atoms. The molecule has 0 aromatic heterocycles. The summed E-state index contributed by atoms with van der Waals surface area (Å²) in [6.45, 7) is 27.5. The second-order valence-corrected chi connectivity index (χ2v) is 28.4. The second kappa shape index (κ2) is 22.7. The highest BCUT2D eigenvalue weighted by atomic mass is 127. The van der Waals surface area contributed by atoms with Crippen LogP contribution in [-0.2, 0) is 74.7 Å². The fraction of sp³-hybridized carbons (Fsp3) is 0.600. The highest BCUT2D eigenvalue weighted by Crippen LogP contribution is 2.59. The summed E-state index contributed by atoms with van der Waals surface area (Å²) in [5, 5.41) is 38.7. The Bertz CT molecular complexity index is 2730. The van der Waals surface area contributed by atoms with Crippen LogP contribution in [0.3, 0.4) is 0 Å². The minimum atomic E-state index is -0.476. The predicted octanol–water partition coefficient (Wildman–Crippen LogP) is 11.7. The summed E-state index contributed by atoms with van der Waals surface area (Å²) in [6, 6.07) is 17.8. The number of rotatable bonds is 14. The molecule has 12 nitrogen and oxygen atoms in total. The van der Waals surface area contributed by atoms with E-state index in [0.717, 1.165) is 58.5 Å². The first-order valence-electron chi connectivity index (χ1n) is 27.9. The Balaban J connectivity index is 0.000000149. The SMILES string of the molecule is CC1(C)OB(B2OC(C)(C)C(C)(C)O2)OC1(C)C.CC1(C)OB(c2cc3c4c(c2)C(CCCO)(CCCO)c2cc(Br)cc(c2-4)COC3)OC1(C)C.OCCCC1(CCCO)c2cc(Br)cc3c2-c2c(cc(I)cc21)COC3. The van der Waals surface area contributed by atoms with Gasteiger partial charge in [0.1, 0.15) is 0 Å². The van der Waals surface area contributed by atoms with E-state index < -0.39 is 32.3 Å². The van der Waals surface area contributed by atoms with Gasteiger partial charge in [0.2, 0.25) is 0 Å². The van der Waals surface area contributed by atoms with E-state index in [1.54, 1.807) is 0 Å². The Labute approximate surface area is 494 Å². The van der Waals surface area contributed by atoms with Crippen LogP contribution in [0.5, 0.6) is 0 Å². The zero-order valence-electron chi connectivity index (χ0n) is 47.9. The van der Waals surface area contributed by atoms with Crippen LogP contribution in [0.25, 0.3) is 22.3 Å². The van der Waals surface area contributed by atoms with E-state index in [1.165, 1.54) is 64.8 Å². The summed E-state index contributed by atoms with van der Waals surface area (Å²) in [5.41, 5.74) is 13.5. The fourth-order valence-electron chi connectivity index (χ4n) is 12.7. The molecule has 7 aliphatic rings. The third-order valence-electron chi connectivity index (χ3n) is 18.7. The van der Waals surface area contributed by atoms with E-state index in [4.69, 9.17) is 37.4 Å². The molecule has 3 saturated heterocycles. The number of halogens is 3. The van der Waals surface area contributed by atoms with Crippen LogP contribution in [0.2, 0.25) is 0 Å².